The summed E-state index contributed by atoms with van der Waals surface area (Å²) in [5, 5.41) is 7.27. The van der Waals surface area contributed by atoms with Crippen molar-refractivity contribution in [3.8, 4) is 0 Å². The van der Waals surface area contributed by atoms with Crippen LogP contribution in [-0.2, 0) is 12.8 Å². The van der Waals surface area contributed by atoms with Crippen LogP contribution in [0.3, 0.4) is 0 Å². The quantitative estimate of drug-likeness (QED) is 0.884. The SMILES string of the molecule is Clc1ccc2c(c1)CC(Nc1nccs1)C2. The maximum atomic E-state index is 5.98. The molecule has 82 valence electrons. The van der Waals surface area contributed by atoms with Gasteiger partial charge in [0.2, 0.25) is 0 Å². The van der Waals surface area contributed by atoms with Crippen molar-refractivity contribution in [3.63, 3.8) is 0 Å². The second-order valence-electron chi connectivity index (χ2n) is 4.00. The summed E-state index contributed by atoms with van der Waals surface area (Å²) < 4.78 is 0. The summed E-state index contributed by atoms with van der Waals surface area (Å²) >= 11 is 7.63. The molecular formula is C12H11ClN2S. The Kier molecular flexibility index (Phi) is 2.58. The maximum absolute atomic E-state index is 5.98. The molecule has 1 atom stereocenters. The van der Waals surface area contributed by atoms with E-state index in [9.17, 15) is 0 Å². The summed E-state index contributed by atoms with van der Waals surface area (Å²) in [6.07, 6.45) is 3.92. The predicted molar refractivity (Wildman–Crippen MR) is 68.4 cm³/mol. The standard InChI is InChI=1S/C12H11ClN2S/c13-10-2-1-8-6-11(7-9(8)5-10)15-12-14-3-4-16-12/h1-5,11H,6-7H2,(H,14,15). The van der Waals surface area contributed by atoms with Gasteiger partial charge in [-0.15, -0.1) is 11.3 Å². The van der Waals surface area contributed by atoms with Gasteiger partial charge in [0.05, 0.1) is 0 Å². The number of rotatable bonds is 2. The highest BCUT2D eigenvalue weighted by Crippen LogP contribution is 2.27. The summed E-state index contributed by atoms with van der Waals surface area (Å²) in [5.41, 5.74) is 2.76. The zero-order valence-corrected chi connectivity index (χ0v) is 10.2. The number of nitrogens with zero attached hydrogens (tertiary/aromatic N) is 1. The summed E-state index contributed by atoms with van der Waals surface area (Å²) in [6.45, 7) is 0. The Hall–Kier alpha value is -1.06. The van der Waals surface area contributed by atoms with Gasteiger partial charge in [0, 0.05) is 22.6 Å². The predicted octanol–water partition coefficient (Wildman–Crippen LogP) is 3.38. The highest BCUT2D eigenvalue weighted by Gasteiger charge is 2.21. The molecule has 3 rings (SSSR count). The fourth-order valence-corrected chi connectivity index (χ4v) is 2.96. The number of hydrogen-bond donors (Lipinski definition) is 1. The highest BCUT2D eigenvalue weighted by molar-refractivity contribution is 7.13. The lowest BCUT2D eigenvalue weighted by Crippen LogP contribution is -2.19. The summed E-state index contributed by atoms with van der Waals surface area (Å²) in [6, 6.07) is 6.62. The molecular weight excluding hydrogens is 240 g/mol. The number of benzene rings is 1. The van der Waals surface area contributed by atoms with Crippen molar-refractivity contribution in [2.45, 2.75) is 18.9 Å². The van der Waals surface area contributed by atoms with Crippen molar-refractivity contribution >= 4 is 28.1 Å². The molecule has 0 aliphatic heterocycles. The zero-order valence-electron chi connectivity index (χ0n) is 8.61. The van der Waals surface area contributed by atoms with Crippen molar-refractivity contribution in [2.75, 3.05) is 5.32 Å². The van der Waals surface area contributed by atoms with Gasteiger partial charge in [-0.1, -0.05) is 17.7 Å². The first-order valence-electron chi connectivity index (χ1n) is 5.24. The van der Waals surface area contributed by atoms with Crippen molar-refractivity contribution in [1.82, 2.24) is 4.98 Å². The van der Waals surface area contributed by atoms with Gasteiger partial charge in [-0.25, -0.2) is 4.98 Å². The third-order valence-electron chi connectivity index (χ3n) is 2.86. The van der Waals surface area contributed by atoms with Crippen LogP contribution in [0.5, 0.6) is 0 Å². The molecule has 1 N–H and O–H groups in total. The van der Waals surface area contributed by atoms with E-state index in [-0.39, 0.29) is 0 Å². The van der Waals surface area contributed by atoms with Gasteiger partial charge in [0.1, 0.15) is 0 Å². The van der Waals surface area contributed by atoms with Crippen LogP contribution in [0.4, 0.5) is 5.13 Å². The van der Waals surface area contributed by atoms with Crippen LogP contribution >= 0.6 is 22.9 Å². The average molecular weight is 251 g/mol. The summed E-state index contributed by atoms with van der Waals surface area (Å²) in [5.74, 6) is 0. The molecule has 4 heteroatoms. The molecule has 0 radical (unpaired) electrons. The Bertz CT molecular complexity index is 496. The maximum Gasteiger partial charge on any atom is 0.182 e. The van der Waals surface area contributed by atoms with E-state index in [1.165, 1.54) is 11.1 Å². The van der Waals surface area contributed by atoms with E-state index >= 15 is 0 Å². The Morgan fingerprint density at radius 3 is 3.00 bits per heavy atom. The van der Waals surface area contributed by atoms with Crippen LogP contribution < -0.4 is 5.32 Å². The second kappa shape index (κ2) is 4.07. The summed E-state index contributed by atoms with van der Waals surface area (Å²) in [7, 11) is 0. The van der Waals surface area contributed by atoms with Crippen LogP contribution in [0.25, 0.3) is 0 Å². The molecule has 1 heterocycles. The lowest BCUT2D eigenvalue weighted by atomic mass is 10.1. The Balaban J connectivity index is 1.75. The van der Waals surface area contributed by atoms with Crippen LogP contribution in [0, 0.1) is 0 Å². The van der Waals surface area contributed by atoms with Crippen molar-refractivity contribution in [3.05, 3.63) is 45.9 Å². The van der Waals surface area contributed by atoms with Gasteiger partial charge in [0.25, 0.3) is 0 Å². The molecule has 0 spiro atoms. The molecule has 0 fully saturated rings. The van der Waals surface area contributed by atoms with Crippen LogP contribution in [-0.4, -0.2) is 11.0 Å². The number of halogens is 1. The number of aromatic nitrogens is 1. The average Bonchev–Trinajstić information content (AvgIpc) is 2.86. The topological polar surface area (TPSA) is 24.9 Å². The molecule has 2 aromatic rings. The number of thiazole rings is 1. The molecule has 2 nitrogen and oxygen atoms in total. The Morgan fingerprint density at radius 1 is 1.31 bits per heavy atom. The smallest absolute Gasteiger partial charge is 0.182 e. The lowest BCUT2D eigenvalue weighted by Gasteiger charge is -2.09. The summed E-state index contributed by atoms with van der Waals surface area (Å²) in [4.78, 5) is 4.24. The largest absolute Gasteiger partial charge is 0.358 e. The van der Waals surface area contributed by atoms with Crippen LogP contribution in [0.1, 0.15) is 11.1 Å². The van der Waals surface area contributed by atoms with Crippen molar-refractivity contribution in [2.24, 2.45) is 0 Å². The fraction of sp³-hybridized carbons (Fsp3) is 0.250. The molecule has 1 aromatic carbocycles. The van der Waals surface area contributed by atoms with E-state index in [1.54, 1.807) is 11.3 Å². The van der Waals surface area contributed by atoms with Gasteiger partial charge in [-0.05, 0) is 36.1 Å². The lowest BCUT2D eigenvalue weighted by molar-refractivity contribution is 0.773. The zero-order chi connectivity index (χ0) is 11.0. The molecule has 1 aliphatic carbocycles. The van der Waals surface area contributed by atoms with E-state index in [0.29, 0.717) is 6.04 Å². The molecule has 0 saturated heterocycles. The molecule has 1 aromatic heterocycles. The van der Waals surface area contributed by atoms with E-state index in [0.717, 1.165) is 23.0 Å². The fourth-order valence-electron chi connectivity index (χ4n) is 2.16. The van der Waals surface area contributed by atoms with E-state index in [1.807, 2.05) is 17.6 Å². The molecule has 0 saturated carbocycles. The third kappa shape index (κ3) is 1.93. The Labute approximate surface area is 103 Å². The molecule has 1 aliphatic rings. The minimum absolute atomic E-state index is 0.458. The number of nitrogens with one attached hydrogen (secondary N) is 1. The van der Waals surface area contributed by atoms with Gasteiger partial charge >= 0.3 is 0 Å². The van der Waals surface area contributed by atoms with Crippen LogP contribution in [0.2, 0.25) is 5.02 Å². The van der Waals surface area contributed by atoms with Gasteiger partial charge < -0.3 is 5.32 Å². The molecule has 0 amide bonds. The first-order valence-corrected chi connectivity index (χ1v) is 6.50. The monoisotopic (exact) mass is 250 g/mol. The van der Waals surface area contributed by atoms with Gasteiger partial charge in [0.15, 0.2) is 5.13 Å². The highest BCUT2D eigenvalue weighted by atomic mass is 35.5. The molecule has 16 heavy (non-hydrogen) atoms. The number of hydrogen-bond acceptors (Lipinski definition) is 3. The van der Waals surface area contributed by atoms with E-state index in [2.05, 4.69) is 22.4 Å². The molecule has 1 unspecified atom stereocenters. The van der Waals surface area contributed by atoms with Crippen molar-refractivity contribution < 1.29 is 0 Å². The van der Waals surface area contributed by atoms with Crippen molar-refractivity contribution in [1.29, 1.82) is 0 Å². The minimum Gasteiger partial charge on any atom is -0.358 e. The first kappa shape index (κ1) is 10.1. The van der Waals surface area contributed by atoms with Gasteiger partial charge in [-0.2, -0.15) is 0 Å². The first-order chi connectivity index (χ1) is 7.81. The number of fused-ring (bicyclic) bond motifs is 1. The van der Waals surface area contributed by atoms with E-state index < -0.39 is 0 Å². The van der Waals surface area contributed by atoms with Crippen LogP contribution in [0.15, 0.2) is 29.8 Å². The van der Waals surface area contributed by atoms with E-state index in [4.69, 9.17) is 11.6 Å². The third-order valence-corrected chi connectivity index (χ3v) is 3.80. The van der Waals surface area contributed by atoms with Gasteiger partial charge in [-0.3, -0.25) is 0 Å². The number of anilines is 1. The minimum atomic E-state index is 0.458. The second-order valence-corrected chi connectivity index (χ2v) is 5.33. The molecule has 0 bridgehead atoms. The normalized spacial score (nSPS) is 18.4. The Morgan fingerprint density at radius 2 is 2.19 bits per heavy atom.